The van der Waals surface area contributed by atoms with Gasteiger partial charge in [-0.05, 0) is 6.42 Å². The number of methoxy groups -OCH3 is 1. The number of aliphatic imine (C=N–C) groups is 1. The molecule has 0 spiro atoms. The highest BCUT2D eigenvalue weighted by Gasteiger charge is 2.43. The monoisotopic (exact) mass is 423 g/mol. The molecule has 0 radical (unpaired) electrons. The van der Waals surface area contributed by atoms with Crippen LogP contribution in [-0.2, 0) is 18.9 Å². The average molecular weight is 424 g/mol. The number of aliphatic hydroxyl groups excluding tert-OH is 5. The number of ether oxygens (including phenoxy) is 4. The van der Waals surface area contributed by atoms with Gasteiger partial charge in [-0.3, -0.25) is 0 Å². The first kappa shape index (κ1) is 26.3. The first-order valence-corrected chi connectivity index (χ1v) is 9.95. The van der Waals surface area contributed by atoms with E-state index in [4.69, 9.17) is 18.9 Å². The zero-order valence-electron chi connectivity index (χ0n) is 17.5. The van der Waals surface area contributed by atoms with Gasteiger partial charge in [0.25, 0.3) is 0 Å². The lowest BCUT2D eigenvalue weighted by atomic mass is 9.85. The molecule has 29 heavy (non-hydrogen) atoms. The van der Waals surface area contributed by atoms with Crippen molar-refractivity contribution in [3.05, 3.63) is 0 Å². The van der Waals surface area contributed by atoms with Crippen molar-refractivity contribution >= 4 is 6.21 Å². The second-order valence-corrected chi connectivity index (χ2v) is 7.17. The number of hydrogen-bond acceptors (Lipinski definition) is 10. The Bertz CT molecular complexity index is 451. The Kier molecular flexibility index (Phi) is 13.0. The third-order valence-electron chi connectivity index (χ3n) is 5.16. The van der Waals surface area contributed by atoms with Gasteiger partial charge in [0, 0.05) is 32.2 Å². The van der Waals surface area contributed by atoms with Crippen molar-refractivity contribution in [1.29, 1.82) is 0 Å². The molecule has 172 valence electrons. The van der Waals surface area contributed by atoms with Crippen molar-refractivity contribution in [2.24, 2.45) is 16.8 Å². The van der Waals surface area contributed by atoms with Gasteiger partial charge in [-0.25, -0.2) is 0 Å². The molecule has 0 aliphatic carbocycles. The molecule has 0 aromatic carbocycles. The summed E-state index contributed by atoms with van der Waals surface area (Å²) in [6, 6.07) is 0. The van der Waals surface area contributed by atoms with Gasteiger partial charge in [0.1, 0.15) is 18.3 Å². The predicted molar refractivity (Wildman–Crippen MR) is 105 cm³/mol. The second kappa shape index (κ2) is 14.3. The molecule has 1 aliphatic rings. The van der Waals surface area contributed by atoms with Crippen molar-refractivity contribution in [2.45, 2.75) is 50.0 Å². The SMILES string of the molecule is CC[C@H]1C(CO)O[C@@H](COC[C@H](C=NC)C(CO)O[C@@H](CO)COC)C(O)[C@H]1O. The van der Waals surface area contributed by atoms with E-state index in [2.05, 4.69) is 4.99 Å². The predicted octanol–water partition coefficient (Wildman–Crippen LogP) is -1.79. The smallest absolute Gasteiger partial charge is 0.110 e. The highest BCUT2D eigenvalue weighted by molar-refractivity contribution is 5.61. The van der Waals surface area contributed by atoms with Crippen LogP contribution in [0.1, 0.15) is 13.3 Å². The summed E-state index contributed by atoms with van der Waals surface area (Å²) in [4.78, 5) is 3.98. The first-order chi connectivity index (χ1) is 14.0. The molecule has 10 nitrogen and oxygen atoms in total. The number of aliphatic hydroxyl groups is 5. The summed E-state index contributed by atoms with van der Waals surface area (Å²) in [5.41, 5.74) is 0. The minimum atomic E-state index is -1.13. The summed E-state index contributed by atoms with van der Waals surface area (Å²) in [5, 5.41) is 49.2. The van der Waals surface area contributed by atoms with Gasteiger partial charge in [-0.2, -0.15) is 0 Å². The highest BCUT2D eigenvalue weighted by atomic mass is 16.6. The molecule has 1 heterocycles. The van der Waals surface area contributed by atoms with E-state index < -0.39 is 42.5 Å². The van der Waals surface area contributed by atoms with Gasteiger partial charge < -0.3 is 49.5 Å². The molecule has 0 amide bonds. The Morgan fingerprint density at radius 2 is 1.79 bits per heavy atom. The minimum Gasteiger partial charge on any atom is -0.394 e. The third kappa shape index (κ3) is 7.82. The molecular formula is C19H37NO9. The Labute approximate surface area is 172 Å². The van der Waals surface area contributed by atoms with E-state index in [0.717, 1.165) is 0 Å². The summed E-state index contributed by atoms with van der Waals surface area (Å²) in [6.07, 6.45) is -2.65. The molecule has 1 aliphatic heterocycles. The van der Waals surface area contributed by atoms with Crippen molar-refractivity contribution < 1.29 is 44.5 Å². The van der Waals surface area contributed by atoms with Gasteiger partial charge in [0.05, 0.1) is 58.0 Å². The number of rotatable bonds is 14. The molecular weight excluding hydrogens is 386 g/mol. The first-order valence-electron chi connectivity index (χ1n) is 9.95. The van der Waals surface area contributed by atoms with Gasteiger partial charge in [0.2, 0.25) is 0 Å². The summed E-state index contributed by atoms with van der Waals surface area (Å²) >= 11 is 0. The quantitative estimate of drug-likeness (QED) is 0.204. The van der Waals surface area contributed by atoms with E-state index in [1.54, 1.807) is 13.3 Å². The fourth-order valence-corrected chi connectivity index (χ4v) is 3.53. The molecule has 0 bridgehead atoms. The molecule has 3 unspecified atom stereocenters. The van der Waals surface area contributed by atoms with Crippen LogP contribution in [0.4, 0.5) is 0 Å². The van der Waals surface area contributed by atoms with Gasteiger partial charge in [-0.15, -0.1) is 0 Å². The molecule has 1 saturated heterocycles. The third-order valence-corrected chi connectivity index (χ3v) is 5.16. The Morgan fingerprint density at radius 1 is 1.07 bits per heavy atom. The van der Waals surface area contributed by atoms with Crippen LogP contribution in [0.2, 0.25) is 0 Å². The van der Waals surface area contributed by atoms with Crippen LogP contribution in [-0.4, -0.2) is 122 Å². The van der Waals surface area contributed by atoms with E-state index in [-0.39, 0.29) is 45.6 Å². The maximum Gasteiger partial charge on any atom is 0.110 e. The van der Waals surface area contributed by atoms with Gasteiger partial charge >= 0.3 is 0 Å². The van der Waals surface area contributed by atoms with Gasteiger partial charge in [0.15, 0.2) is 0 Å². The van der Waals surface area contributed by atoms with E-state index in [1.807, 2.05) is 6.92 Å². The van der Waals surface area contributed by atoms with Crippen LogP contribution in [0.25, 0.3) is 0 Å². The lowest BCUT2D eigenvalue weighted by Crippen LogP contribution is -2.56. The molecule has 0 aromatic heterocycles. The van der Waals surface area contributed by atoms with Crippen molar-refractivity contribution in [3.63, 3.8) is 0 Å². The van der Waals surface area contributed by atoms with Crippen LogP contribution >= 0.6 is 0 Å². The van der Waals surface area contributed by atoms with E-state index in [9.17, 15) is 25.5 Å². The molecule has 5 N–H and O–H groups in total. The van der Waals surface area contributed by atoms with Crippen LogP contribution in [0.15, 0.2) is 4.99 Å². The fourth-order valence-electron chi connectivity index (χ4n) is 3.53. The zero-order valence-corrected chi connectivity index (χ0v) is 17.5. The van der Waals surface area contributed by atoms with Crippen LogP contribution in [0.3, 0.4) is 0 Å². The Balaban J connectivity index is 2.66. The Hall–Kier alpha value is -0.690. The molecule has 1 fully saturated rings. The van der Waals surface area contributed by atoms with E-state index >= 15 is 0 Å². The maximum absolute atomic E-state index is 10.3. The molecule has 10 heteroatoms. The van der Waals surface area contributed by atoms with Crippen molar-refractivity contribution in [2.75, 3.05) is 53.8 Å². The fraction of sp³-hybridized carbons (Fsp3) is 0.947. The largest absolute Gasteiger partial charge is 0.394 e. The molecule has 0 saturated carbocycles. The van der Waals surface area contributed by atoms with Crippen molar-refractivity contribution in [1.82, 2.24) is 0 Å². The summed E-state index contributed by atoms with van der Waals surface area (Å²) in [6.45, 7) is 1.29. The van der Waals surface area contributed by atoms with Crippen LogP contribution in [0.5, 0.6) is 0 Å². The molecule has 0 aromatic rings. The lowest BCUT2D eigenvalue weighted by Gasteiger charge is -2.42. The maximum atomic E-state index is 10.3. The molecule has 8 atom stereocenters. The van der Waals surface area contributed by atoms with Crippen LogP contribution < -0.4 is 0 Å². The lowest BCUT2D eigenvalue weighted by molar-refractivity contribution is -0.222. The summed E-state index contributed by atoms with van der Waals surface area (Å²) in [5.74, 6) is -0.770. The zero-order chi connectivity index (χ0) is 21.8. The summed E-state index contributed by atoms with van der Waals surface area (Å²) in [7, 11) is 3.07. The normalized spacial score (nSPS) is 31.1. The average Bonchev–Trinajstić information content (AvgIpc) is 2.73. The van der Waals surface area contributed by atoms with Crippen molar-refractivity contribution in [3.8, 4) is 0 Å². The second-order valence-electron chi connectivity index (χ2n) is 7.17. The number of hydrogen-bond donors (Lipinski definition) is 5. The topological polar surface area (TPSA) is 150 Å². The molecule has 1 rings (SSSR count). The minimum absolute atomic E-state index is 0.0150. The van der Waals surface area contributed by atoms with E-state index in [0.29, 0.717) is 6.42 Å². The standard InChI is InChI=1S/C19H37NO9/c1-4-14-16(8-23)29-17(19(25)18(14)24)11-27-9-12(5-20-2)15(7-22)28-13(6-21)10-26-3/h5,12-19,21-25H,4,6-11H2,1-3H3/t12-,13-,14-,15?,16?,17-,18-,19?/m0/s1. The Morgan fingerprint density at radius 3 is 2.31 bits per heavy atom. The van der Waals surface area contributed by atoms with Crippen LogP contribution in [0, 0.1) is 11.8 Å². The van der Waals surface area contributed by atoms with E-state index in [1.165, 1.54) is 7.11 Å². The summed E-state index contributed by atoms with van der Waals surface area (Å²) < 4.78 is 22.1. The van der Waals surface area contributed by atoms with Gasteiger partial charge in [-0.1, -0.05) is 6.92 Å². The number of nitrogens with zero attached hydrogens (tertiary/aromatic N) is 1. The highest BCUT2D eigenvalue weighted by Crippen LogP contribution is 2.28.